The predicted molar refractivity (Wildman–Crippen MR) is 69.7 cm³/mol. The van der Waals surface area contributed by atoms with Crippen molar-refractivity contribution < 1.29 is 4.79 Å². The van der Waals surface area contributed by atoms with Gasteiger partial charge in [-0.05, 0) is 31.0 Å². The summed E-state index contributed by atoms with van der Waals surface area (Å²) < 4.78 is 0. The van der Waals surface area contributed by atoms with E-state index in [1.165, 1.54) is 5.56 Å². The van der Waals surface area contributed by atoms with E-state index in [0.717, 1.165) is 12.0 Å². The Morgan fingerprint density at radius 2 is 1.88 bits per heavy atom. The number of carbonyl (C=O) groups excluding carboxylic acids is 1. The lowest BCUT2D eigenvalue weighted by Crippen LogP contribution is -2.36. The fourth-order valence-corrected chi connectivity index (χ4v) is 1.45. The van der Waals surface area contributed by atoms with Gasteiger partial charge >= 0.3 is 6.03 Å². The van der Waals surface area contributed by atoms with Crippen LogP contribution in [0.25, 0.3) is 0 Å². The van der Waals surface area contributed by atoms with Gasteiger partial charge in [-0.25, -0.2) is 4.79 Å². The molecule has 0 aliphatic carbocycles. The molecule has 2 amide bonds. The highest BCUT2D eigenvalue weighted by molar-refractivity contribution is 5.73. The molecule has 0 bridgehead atoms. The van der Waals surface area contributed by atoms with Crippen molar-refractivity contribution in [3.63, 3.8) is 0 Å². The summed E-state index contributed by atoms with van der Waals surface area (Å²) in [5, 5.41) is 2.86. The molecule has 1 aromatic carbocycles. The summed E-state index contributed by atoms with van der Waals surface area (Å²) in [6.45, 7) is 3.88. The van der Waals surface area contributed by atoms with E-state index in [1.807, 2.05) is 19.1 Å². The number of hydrogen-bond acceptors (Lipinski definition) is 2. The number of rotatable bonds is 5. The van der Waals surface area contributed by atoms with Gasteiger partial charge < -0.3 is 16.0 Å². The van der Waals surface area contributed by atoms with E-state index >= 15 is 0 Å². The van der Waals surface area contributed by atoms with Crippen molar-refractivity contribution in [1.82, 2.24) is 10.2 Å². The van der Waals surface area contributed by atoms with Gasteiger partial charge in [0.1, 0.15) is 0 Å². The van der Waals surface area contributed by atoms with Gasteiger partial charge in [0.25, 0.3) is 0 Å². The van der Waals surface area contributed by atoms with Crippen molar-refractivity contribution in [3.8, 4) is 0 Å². The Morgan fingerprint density at radius 1 is 1.29 bits per heavy atom. The summed E-state index contributed by atoms with van der Waals surface area (Å²) in [4.78, 5) is 13.2. The van der Waals surface area contributed by atoms with Crippen molar-refractivity contribution in [3.05, 3.63) is 35.4 Å². The van der Waals surface area contributed by atoms with Crippen LogP contribution in [0.2, 0.25) is 0 Å². The summed E-state index contributed by atoms with van der Waals surface area (Å²) in [5.41, 5.74) is 7.81. The molecule has 0 saturated heterocycles. The molecule has 0 saturated carbocycles. The minimum absolute atomic E-state index is 0.0430. The highest BCUT2D eigenvalue weighted by Crippen LogP contribution is 2.04. The maximum atomic E-state index is 11.5. The molecule has 0 heterocycles. The van der Waals surface area contributed by atoms with Crippen LogP contribution in [-0.4, -0.2) is 31.1 Å². The summed E-state index contributed by atoms with van der Waals surface area (Å²) >= 11 is 0. The third-order valence-corrected chi connectivity index (χ3v) is 2.72. The number of hydrogen-bond donors (Lipinski definition) is 2. The second-order valence-electron chi connectivity index (χ2n) is 4.03. The summed E-state index contributed by atoms with van der Waals surface area (Å²) in [6.07, 6.45) is 0.894. The number of benzene rings is 1. The Bertz CT molecular complexity index is 348. The fraction of sp³-hybridized carbons (Fsp3) is 0.462. The normalized spacial score (nSPS) is 10.1. The average molecular weight is 235 g/mol. The van der Waals surface area contributed by atoms with Gasteiger partial charge in [-0.1, -0.05) is 24.3 Å². The molecule has 0 aromatic heterocycles. The van der Waals surface area contributed by atoms with E-state index in [2.05, 4.69) is 17.4 Å². The zero-order valence-corrected chi connectivity index (χ0v) is 10.6. The average Bonchev–Trinajstić information content (AvgIpc) is 2.37. The highest BCUT2D eigenvalue weighted by atomic mass is 16.2. The number of nitrogens with zero attached hydrogens (tertiary/aromatic N) is 1. The smallest absolute Gasteiger partial charge is 0.317 e. The quantitative estimate of drug-likeness (QED) is 0.809. The van der Waals surface area contributed by atoms with Crippen molar-refractivity contribution in [2.75, 3.05) is 20.1 Å². The minimum atomic E-state index is -0.0430. The van der Waals surface area contributed by atoms with Gasteiger partial charge in [-0.15, -0.1) is 0 Å². The second-order valence-corrected chi connectivity index (χ2v) is 4.03. The number of nitrogens with one attached hydrogen (secondary N) is 1. The van der Waals surface area contributed by atoms with Crippen LogP contribution in [0.3, 0.4) is 0 Å². The highest BCUT2D eigenvalue weighted by Gasteiger charge is 2.04. The van der Waals surface area contributed by atoms with Gasteiger partial charge in [-0.3, -0.25) is 0 Å². The van der Waals surface area contributed by atoms with Gasteiger partial charge in [-0.2, -0.15) is 0 Å². The molecule has 3 N–H and O–H groups in total. The van der Waals surface area contributed by atoms with Crippen LogP contribution < -0.4 is 11.1 Å². The topological polar surface area (TPSA) is 58.4 Å². The molecular weight excluding hydrogens is 214 g/mol. The van der Waals surface area contributed by atoms with Gasteiger partial charge in [0.2, 0.25) is 0 Å². The molecule has 0 aliphatic heterocycles. The van der Waals surface area contributed by atoms with Crippen LogP contribution in [0.1, 0.15) is 18.1 Å². The van der Waals surface area contributed by atoms with E-state index in [-0.39, 0.29) is 6.03 Å². The Morgan fingerprint density at radius 3 is 2.41 bits per heavy atom. The molecule has 0 radical (unpaired) electrons. The van der Waals surface area contributed by atoms with Crippen LogP contribution >= 0.6 is 0 Å². The van der Waals surface area contributed by atoms with Crippen molar-refractivity contribution in [2.45, 2.75) is 19.9 Å². The molecular formula is C13H21N3O. The molecule has 0 atom stereocenters. The number of nitrogens with two attached hydrogens (primary N) is 1. The Hall–Kier alpha value is -1.55. The molecule has 0 aliphatic rings. The Balaban J connectivity index is 2.44. The fourth-order valence-electron chi connectivity index (χ4n) is 1.45. The zero-order chi connectivity index (χ0) is 12.7. The largest absolute Gasteiger partial charge is 0.334 e. The van der Waals surface area contributed by atoms with Crippen molar-refractivity contribution >= 4 is 6.03 Å². The summed E-state index contributed by atoms with van der Waals surface area (Å²) in [6, 6.07) is 8.11. The lowest BCUT2D eigenvalue weighted by atomic mass is 10.1. The maximum absolute atomic E-state index is 11.5. The van der Waals surface area contributed by atoms with Crippen LogP contribution in [0, 0.1) is 0 Å². The Labute approximate surface area is 103 Å². The maximum Gasteiger partial charge on any atom is 0.317 e. The number of urea groups is 1. The van der Waals surface area contributed by atoms with Crippen LogP contribution in [0.15, 0.2) is 24.3 Å². The molecule has 4 nitrogen and oxygen atoms in total. The van der Waals surface area contributed by atoms with E-state index in [0.29, 0.717) is 19.6 Å². The molecule has 0 spiro atoms. The van der Waals surface area contributed by atoms with Crippen LogP contribution in [0.5, 0.6) is 0 Å². The van der Waals surface area contributed by atoms with Crippen LogP contribution in [-0.2, 0) is 13.0 Å². The van der Waals surface area contributed by atoms with Gasteiger partial charge in [0.15, 0.2) is 0 Å². The first-order valence-electron chi connectivity index (χ1n) is 5.94. The first-order valence-corrected chi connectivity index (χ1v) is 5.94. The molecule has 1 aromatic rings. The lowest BCUT2D eigenvalue weighted by Gasteiger charge is -2.15. The molecule has 1 rings (SSSR count). The third-order valence-electron chi connectivity index (χ3n) is 2.72. The summed E-state index contributed by atoms with van der Waals surface area (Å²) in [7, 11) is 1.78. The Kier molecular flexibility index (Phi) is 5.49. The van der Waals surface area contributed by atoms with E-state index in [9.17, 15) is 4.79 Å². The second kappa shape index (κ2) is 6.91. The van der Waals surface area contributed by atoms with Crippen molar-refractivity contribution in [1.29, 1.82) is 0 Å². The van der Waals surface area contributed by atoms with Crippen LogP contribution in [0.4, 0.5) is 4.79 Å². The van der Waals surface area contributed by atoms with E-state index in [4.69, 9.17) is 5.73 Å². The van der Waals surface area contributed by atoms with Crippen molar-refractivity contribution in [2.24, 2.45) is 5.73 Å². The number of carbonyl (C=O) groups is 1. The first-order chi connectivity index (χ1) is 8.17. The third kappa shape index (κ3) is 4.44. The van der Waals surface area contributed by atoms with Gasteiger partial charge in [0.05, 0.1) is 0 Å². The monoisotopic (exact) mass is 235 g/mol. The SMILES string of the molecule is CCN(C)C(=O)NCc1ccc(CCN)cc1. The first kappa shape index (κ1) is 13.5. The molecule has 0 fully saturated rings. The van der Waals surface area contributed by atoms with Gasteiger partial charge in [0, 0.05) is 20.1 Å². The predicted octanol–water partition coefficient (Wildman–Crippen LogP) is 1.35. The molecule has 4 heteroatoms. The lowest BCUT2D eigenvalue weighted by molar-refractivity contribution is 0.210. The minimum Gasteiger partial charge on any atom is -0.334 e. The van der Waals surface area contributed by atoms with E-state index < -0.39 is 0 Å². The zero-order valence-electron chi connectivity index (χ0n) is 10.6. The number of amides is 2. The van der Waals surface area contributed by atoms with E-state index in [1.54, 1.807) is 11.9 Å². The summed E-state index contributed by atoms with van der Waals surface area (Å²) in [5.74, 6) is 0. The molecule has 17 heavy (non-hydrogen) atoms. The standard InChI is InChI=1S/C13H21N3O/c1-3-16(2)13(17)15-10-12-6-4-11(5-7-12)8-9-14/h4-7H,3,8-10,14H2,1-2H3,(H,15,17). The molecule has 94 valence electrons. The molecule has 0 unspecified atom stereocenters.